The predicted molar refractivity (Wildman–Crippen MR) is 106 cm³/mol. The molecule has 1 aromatic carbocycles. The van der Waals surface area contributed by atoms with Gasteiger partial charge in [-0.3, -0.25) is 4.79 Å². The molecule has 26 heavy (non-hydrogen) atoms. The number of pyridine rings is 1. The molecule has 0 saturated carbocycles. The zero-order valence-corrected chi connectivity index (χ0v) is 15.7. The number of fused-ring (bicyclic) bond motifs is 1. The van der Waals surface area contributed by atoms with Crippen LogP contribution in [-0.2, 0) is 0 Å². The fourth-order valence-corrected chi connectivity index (χ4v) is 4.02. The molecule has 1 amide bonds. The molecule has 4 aromatic rings. The van der Waals surface area contributed by atoms with E-state index in [1.165, 1.54) is 11.3 Å². The van der Waals surface area contributed by atoms with Gasteiger partial charge in [0.1, 0.15) is 10.6 Å². The fraction of sp³-hybridized carbons (Fsp3) is 0.105. The van der Waals surface area contributed by atoms with Crippen molar-refractivity contribution in [2.24, 2.45) is 0 Å². The molecule has 0 aliphatic heterocycles. The van der Waals surface area contributed by atoms with Gasteiger partial charge in [-0.05, 0) is 43.7 Å². The van der Waals surface area contributed by atoms with Gasteiger partial charge >= 0.3 is 0 Å². The van der Waals surface area contributed by atoms with E-state index in [1.54, 1.807) is 10.9 Å². The van der Waals surface area contributed by atoms with Gasteiger partial charge in [-0.25, -0.2) is 9.67 Å². The van der Waals surface area contributed by atoms with E-state index in [4.69, 9.17) is 11.6 Å². The van der Waals surface area contributed by atoms with Crippen LogP contribution < -0.4 is 5.32 Å². The Bertz CT molecular complexity index is 1130. The number of aryl methyl sites for hydroxylation is 2. The molecule has 0 radical (unpaired) electrons. The molecular formula is C19H15ClN4OS. The Labute approximate surface area is 159 Å². The lowest BCUT2D eigenvalue weighted by molar-refractivity contribution is 0.103. The molecule has 1 N–H and O–H groups in total. The van der Waals surface area contributed by atoms with Crippen LogP contribution in [0.15, 0.2) is 48.7 Å². The molecule has 0 saturated heterocycles. The van der Waals surface area contributed by atoms with Gasteiger partial charge in [-0.2, -0.15) is 5.10 Å². The van der Waals surface area contributed by atoms with Crippen molar-refractivity contribution in [3.05, 3.63) is 69.8 Å². The summed E-state index contributed by atoms with van der Waals surface area (Å²) in [6.07, 6.45) is 1.66. The molecule has 0 fully saturated rings. The summed E-state index contributed by atoms with van der Waals surface area (Å²) in [5, 5.41) is 9.00. The van der Waals surface area contributed by atoms with E-state index in [2.05, 4.69) is 15.4 Å². The minimum atomic E-state index is -0.182. The molecule has 0 atom stereocenters. The number of halogens is 1. The molecular weight excluding hydrogens is 368 g/mol. The topological polar surface area (TPSA) is 59.8 Å². The summed E-state index contributed by atoms with van der Waals surface area (Å²) in [5.74, 6) is 0.387. The quantitative estimate of drug-likeness (QED) is 0.542. The Balaban J connectivity index is 1.75. The molecule has 4 rings (SSSR count). The number of hydrogen-bond donors (Lipinski definition) is 1. The molecule has 7 heteroatoms. The highest BCUT2D eigenvalue weighted by Crippen LogP contribution is 2.32. The first-order valence-corrected chi connectivity index (χ1v) is 9.21. The SMILES string of the molecule is Cc1cccnc1NC(=O)c1cc2c(C)nn(-c3ccccc3Cl)c2s1. The minimum absolute atomic E-state index is 0.182. The van der Waals surface area contributed by atoms with Crippen molar-refractivity contribution in [2.45, 2.75) is 13.8 Å². The third kappa shape index (κ3) is 2.87. The van der Waals surface area contributed by atoms with Crippen molar-refractivity contribution in [2.75, 3.05) is 5.32 Å². The van der Waals surface area contributed by atoms with Crippen LogP contribution in [0.1, 0.15) is 20.9 Å². The van der Waals surface area contributed by atoms with Crippen LogP contribution in [-0.4, -0.2) is 20.7 Å². The second-order valence-corrected chi connectivity index (χ2v) is 7.34. The van der Waals surface area contributed by atoms with Gasteiger partial charge in [-0.1, -0.05) is 29.8 Å². The lowest BCUT2D eigenvalue weighted by atomic mass is 10.2. The second-order valence-electron chi connectivity index (χ2n) is 5.90. The number of aromatic nitrogens is 3. The molecule has 3 heterocycles. The highest BCUT2D eigenvalue weighted by atomic mass is 35.5. The number of amides is 1. The predicted octanol–water partition coefficient (Wildman–Crippen LogP) is 5.00. The van der Waals surface area contributed by atoms with E-state index < -0.39 is 0 Å². The van der Waals surface area contributed by atoms with Crippen LogP contribution >= 0.6 is 22.9 Å². The number of anilines is 1. The zero-order chi connectivity index (χ0) is 18.3. The van der Waals surface area contributed by atoms with Crippen molar-refractivity contribution in [3.8, 4) is 5.69 Å². The highest BCUT2D eigenvalue weighted by Gasteiger charge is 2.18. The van der Waals surface area contributed by atoms with E-state index >= 15 is 0 Å². The first-order chi connectivity index (χ1) is 12.5. The third-order valence-corrected chi connectivity index (χ3v) is 5.52. The van der Waals surface area contributed by atoms with Crippen LogP contribution in [0.25, 0.3) is 15.9 Å². The van der Waals surface area contributed by atoms with Gasteiger partial charge in [0.2, 0.25) is 0 Å². The molecule has 0 spiro atoms. The number of para-hydroxylation sites is 1. The summed E-state index contributed by atoms with van der Waals surface area (Å²) < 4.78 is 1.79. The molecule has 5 nitrogen and oxygen atoms in total. The molecule has 0 bridgehead atoms. The number of carbonyl (C=O) groups is 1. The van der Waals surface area contributed by atoms with E-state index in [9.17, 15) is 4.79 Å². The lowest BCUT2D eigenvalue weighted by Gasteiger charge is -2.05. The summed E-state index contributed by atoms with van der Waals surface area (Å²) in [6.45, 7) is 3.83. The number of carbonyl (C=O) groups excluding carboxylic acids is 1. The third-order valence-electron chi connectivity index (χ3n) is 4.09. The molecule has 0 unspecified atom stereocenters. The zero-order valence-electron chi connectivity index (χ0n) is 14.2. The Morgan fingerprint density at radius 3 is 2.77 bits per heavy atom. The Morgan fingerprint density at radius 1 is 1.19 bits per heavy atom. The van der Waals surface area contributed by atoms with Crippen molar-refractivity contribution in [1.82, 2.24) is 14.8 Å². The number of benzene rings is 1. The largest absolute Gasteiger partial charge is 0.306 e. The number of rotatable bonds is 3. The van der Waals surface area contributed by atoms with Crippen LogP contribution in [0.3, 0.4) is 0 Å². The summed E-state index contributed by atoms with van der Waals surface area (Å²) >= 11 is 7.70. The number of nitrogens with one attached hydrogen (secondary N) is 1. The van der Waals surface area contributed by atoms with Gasteiger partial charge in [0.25, 0.3) is 5.91 Å². The Morgan fingerprint density at radius 2 is 2.00 bits per heavy atom. The molecule has 0 aliphatic carbocycles. The normalized spacial score (nSPS) is 11.0. The number of nitrogens with zero attached hydrogens (tertiary/aromatic N) is 3. The Kier molecular flexibility index (Phi) is 4.22. The summed E-state index contributed by atoms with van der Waals surface area (Å²) in [6, 6.07) is 13.1. The van der Waals surface area contributed by atoms with Crippen LogP contribution in [0, 0.1) is 13.8 Å². The van der Waals surface area contributed by atoms with E-state index in [-0.39, 0.29) is 5.91 Å². The van der Waals surface area contributed by atoms with Crippen molar-refractivity contribution in [3.63, 3.8) is 0 Å². The van der Waals surface area contributed by atoms with E-state index in [1.807, 2.05) is 56.3 Å². The van der Waals surface area contributed by atoms with Crippen molar-refractivity contribution < 1.29 is 4.79 Å². The maximum atomic E-state index is 12.7. The second kappa shape index (κ2) is 6.55. The van der Waals surface area contributed by atoms with Gasteiger partial charge in [0, 0.05) is 11.6 Å². The Hall–Kier alpha value is -2.70. The van der Waals surface area contributed by atoms with Gasteiger partial charge in [0.15, 0.2) is 0 Å². The summed E-state index contributed by atoms with van der Waals surface area (Å²) in [4.78, 5) is 18.4. The maximum Gasteiger partial charge on any atom is 0.266 e. The first kappa shape index (κ1) is 16.8. The van der Waals surface area contributed by atoms with Crippen molar-refractivity contribution >= 4 is 44.9 Å². The molecule has 3 aromatic heterocycles. The van der Waals surface area contributed by atoms with Crippen LogP contribution in [0.4, 0.5) is 5.82 Å². The van der Waals surface area contributed by atoms with E-state index in [0.29, 0.717) is 15.7 Å². The van der Waals surface area contributed by atoms with Gasteiger partial charge in [-0.15, -0.1) is 11.3 Å². The first-order valence-electron chi connectivity index (χ1n) is 8.01. The number of thiophene rings is 1. The van der Waals surface area contributed by atoms with Crippen molar-refractivity contribution in [1.29, 1.82) is 0 Å². The highest BCUT2D eigenvalue weighted by molar-refractivity contribution is 7.20. The van der Waals surface area contributed by atoms with Gasteiger partial charge < -0.3 is 5.32 Å². The van der Waals surface area contributed by atoms with E-state index in [0.717, 1.165) is 27.2 Å². The summed E-state index contributed by atoms with van der Waals surface area (Å²) in [5.41, 5.74) is 2.56. The standard InChI is InChI=1S/C19H15ClN4OS/c1-11-6-5-9-21-17(11)22-18(25)16-10-13-12(2)23-24(19(13)26-16)15-8-4-3-7-14(15)20/h3-10H,1-2H3,(H,21,22,25). The smallest absolute Gasteiger partial charge is 0.266 e. The van der Waals surface area contributed by atoms with Crippen LogP contribution in [0.5, 0.6) is 0 Å². The lowest BCUT2D eigenvalue weighted by Crippen LogP contribution is -2.12. The summed E-state index contributed by atoms with van der Waals surface area (Å²) in [7, 11) is 0. The molecule has 0 aliphatic rings. The fourth-order valence-electron chi connectivity index (χ4n) is 2.73. The molecule has 130 valence electrons. The average Bonchev–Trinajstić information content (AvgIpc) is 3.19. The minimum Gasteiger partial charge on any atom is -0.306 e. The maximum absolute atomic E-state index is 12.7. The van der Waals surface area contributed by atoms with Crippen LogP contribution in [0.2, 0.25) is 5.02 Å². The number of hydrogen-bond acceptors (Lipinski definition) is 4. The average molecular weight is 383 g/mol. The van der Waals surface area contributed by atoms with Gasteiger partial charge in [0.05, 0.1) is 21.3 Å². The monoisotopic (exact) mass is 382 g/mol.